The Labute approximate surface area is 70.5 Å². The molecule has 0 aromatic rings. The molecule has 1 heterocycles. The van der Waals surface area contributed by atoms with E-state index in [0.29, 0.717) is 6.54 Å². The van der Waals surface area contributed by atoms with Gasteiger partial charge in [0.1, 0.15) is 0 Å². The van der Waals surface area contributed by atoms with Crippen molar-refractivity contribution in [3.8, 4) is 0 Å². The van der Waals surface area contributed by atoms with E-state index in [1.54, 1.807) is 0 Å². The Morgan fingerprint density at radius 1 is 1.40 bits per heavy atom. The van der Waals surface area contributed by atoms with E-state index in [1.807, 2.05) is 16.9 Å². The van der Waals surface area contributed by atoms with Crippen molar-refractivity contribution < 1.29 is 4.39 Å². The molecule has 0 amide bonds. The second-order valence-electron chi connectivity index (χ2n) is 2.87. The van der Waals surface area contributed by atoms with Crippen LogP contribution < -0.4 is 0 Å². The number of halogens is 1. The van der Waals surface area contributed by atoms with Crippen molar-refractivity contribution in [1.82, 2.24) is 4.90 Å². The van der Waals surface area contributed by atoms with E-state index in [4.69, 9.17) is 0 Å². The van der Waals surface area contributed by atoms with Crippen LogP contribution in [0.2, 0.25) is 4.71 Å². The van der Waals surface area contributed by atoms with Gasteiger partial charge >= 0.3 is 70.0 Å². The number of hydrogen-bond donors (Lipinski definition) is 0. The normalized spacial score (nSPS) is 23.4. The summed E-state index contributed by atoms with van der Waals surface area (Å²) < 4.78 is 12.8. The molecule has 3 heteroatoms. The molecular weight excluding hydrogens is 192 g/mol. The SMILES string of the molecule is FCCN1CCC([AsH2])CC1. The molecule has 0 bridgehead atoms. The first-order valence-electron chi connectivity index (χ1n) is 3.87. The summed E-state index contributed by atoms with van der Waals surface area (Å²) in [5.41, 5.74) is 0. The average Bonchev–Trinajstić information content (AvgIpc) is 1.95. The van der Waals surface area contributed by atoms with Crippen LogP contribution in [0.15, 0.2) is 0 Å². The van der Waals surface area contributed by atoms with Gasteiger partial charge in [0.25, 0.3) is 0 Å². The fourth-order valence-corrected chi connectivity index (χ4v) is 1.92. The number of rotatable bonds is 2. The summed E-state index contributed by atoms with van der Waals surface area (Å²) in [7, 11) is 0. The summed E-state index contributed by atoms with van der Waals surface area (Å²) in [4.78, 5) is 2.22. The second-order valence-corrected chi connectivity index (χ2v) is 4.85. The van der Waals surface area contributed by atoms with Crippen molar-refractivity contribution >= 4 is 16.9 Å². The predicted octanol–water partition coefficient (Wildman–Crippen LogP) is 0.473. The summed E-state index contributed by atoms with van der Waals surface area (Å²) in [6.07, 6.45) is 2.56. The van der Waals surface area contributed by atoms with E-state index < -0.39 is 0 Å². The van der Waals surface area contributed by atoms with Crippen molar-refractivity contribution in [3.63, 3.8) is 0 Å². The molecule has 1 aliphatic heterocycles. The zero-order chi connectivity index (χ0) is 7.40. The summed E-state index contributed by atoms with van der Waals surface area (Å²) >= 11 is 1.85. The zero-order valence-electron chi connectivity index (χ0n) is 6.22. The van der Waals surface area contributed by atoms with Gasteiger partial charge in [-0.25, -0.2) is 0 Å². The molecule has 0 aromatic heterocycles. The van der Waals surface area contributed by atoms with E-state index in [2.05, 4.69) is 4.90 Å². The maximum absolute atomic E-state index is 11.8. The Morgan fingerprint density at radius 3 is 2.50 bits per heavy atom. The van der Waals surface area contributed by atoms with Crippen LogP contribution in [0.3, 0.4) is 0 Å². The molecule has 0 N–H and O–H groups in total. The van der Waals surface area contributed by atoms with Crippen LogP contribution in [0.4, 0.5) is 4.39 Å². The maximum atomic E-state index is 11.8. The number of hydrogen-bond acceptors (Lipinski definition) is 1. The first-order valence-corrected chi connectivity index (χ1v) is 5.26. The Balaban J connectivity index is 2.13. The van der Waals surface area contributed by atoms with Gasteiger partial charge in [-0.1, -0.05) is 0 Å². The van der Waals surface area contributed by atoms with Crippen molar-refractivity contribution in [2.24, 2.45) is 0 Å². The van der Waals surface area contributed by atoms with Gasteiger partial charge in [-0.05, 0) is 0 Å². The molecule has 1 aliphatic rings. The minimum absolute atomic E-state index is 0.181. The van der Waals surface area contributed by atoms with Crippen molar-refractivity contribution in [2.75, 3.05) is 26.3 Å². The van der Waals surface area contributed by atoms with Gasteiger partial charge in [-0.3, -0.25) is 0 Å². The van der Waals surface area contributed by atoms with Gasteiger partial charge in [-0.2, -0.15) is 0 Å². The number of nitrogens with zero attached hydrogens (tertiary/aromatic N) is 1. The molecule has 0 saturated carbocycles. The van der Waals surface area contributed by atoms with E-state index in [1.165, 1.54) is 12.8 Å². The standard InChI is InChI=1S/C7H15AsFN/c8-7-1-4-10(5-2-7)6-3-9/h7H,1-6,8H2. The van der Waals surface area contributed by atoms with Crippen LogP contribution in [-0.2, 0) is 0 Å². The summed E-state index contributed by atoms with van der Waals surface area (Å²) in [6, 6.07) is 0. The fourth-order valence-electron chi connectivity index (χ4n) is 1.30. The summed E-state index contributed by atoms with van der Waals surface area (Å²) in [6.45, 7) is 2.71. The summed E-state index contributed by atoms with van der Waals surface area (Å²) in [5.74, 6) is 0. The zero-order valence-corrected chi connectivity index (χ0v) is 8.65. The van der Waals surface area contributed by atoms with Gasteiger partial charge in [0.15, 0.2) is 0 Å². The minimum atomic E-state index is -0.181. The number of alkyl halides is 1. The average molecular weight is 207 g/mol. The van der Waals surface area contributed by atoms with Crippen LogP contribution in [-0.4, -0.2) is 48.1 Å². The van der Waals surface area contributed by atoms with Crippen molar-refractivity contribution in [3.05, 3.63) is 0 Å². The van der Waals surface area contributed by atoms with Crippen LogP contribution in [0.5, 0.6) is 0 Å². The quantitative estimate of drug-likeness (QED) is 0.595. The molecule has 1 rings (SSSR count). The van der Waals surface area contributed by atoms with Crippen molar-refractivity contribution in [1.29, 1.82) is 0 Å². The van der Waals surface area contributed by atoms with E-state index >= 15 is 0 Å². The Kier molecular flexibility index (Phi) is 3.72. The Bertz CT molecular complexity index is 91.6. The van der Waals surface area contributed by atoms with Gasteiger partial charge < -0.3 is 0 Å². The van der Waals surface area contributed by atoms with Gasteiger partial charge in [0.2, 0.25) is 0 Å². The first kappa shape index (κ1) is 8.54. The van der Waals surface area contributed by atoms with Gasteiger partial charge in [-0.15, -0.1) is 0 Å². The fraction of sp³-hybridized carbons (Fsp3) is 1.00. The van der Waals surface area contributed by atoms with Crippen LogP contribution in [0.1, 0.15) is 12.8 Å². The van der Waals surface area contributed by atoms with Gasteiger partial charge in [0, 0.05) is 0 Å². The molecular formula is C7H15AsFN. The third kappa shape index (κ3) is 2.59. The molecule has 60 valence electrons. The van der Waals surface area contributed by atoms with Crippen molar-refractivity contribution in [2.45, 2.75) is 17.5 Å². The molecule has 1 atom stereocenters. The third-order valence-electron chi connectivity index (χ3n) is 2.03. The molecule has 1 unspecified atom stereocenters. The topological polar surface area (TPSA) is 3.24 Å². The van der Waals surface area contributed by atoms with Crippen LogP contribution in [0, 0.1) is 0 Å². The molecule has 1 fully saturated rings. The molecule has 0 radical (unpaired) electrons. The van der Waals surface area contributed by atoms with Gasteiger partial charge in [0.05, 0.1) is 0 Å². The summed E-state index contributed by atoms with van der Waals surface area (Å²) in [5, 5.41) is 0. The number of piperidine rings is 1. The molecule has 10 heavy (non-hydrogen) atoms. The Hall–Kier alpha value is 0.448. The molecule has 0 aromatic carbocycles. The number of likely N-dealkylation sites (tertiary alicyclic amines) is 1. The molecule has 0 aliphatic carbocycles. The van der Waals surface area contributed by atoms with E-state index in [0.717, 1.165) is 17.8 Å². The molecule has 1 saturated heterocycles. The van der Waals surface area contributed by atoms with E-state index in [9.17, 15) is 4.39 Å². The monoisotopic (exact) mass is 207 g/mol. The second kappa shape index (κ2) is 4.35. The van der Waals surface area contributed by atoms with Crippen LogP contribution in [0.25, 0.3) is 0 Å². The van der Waals surface area contributed by atoms with Crippen LogP contribution >= 0.6 is 0 Å². The molecule has 1 nitrogen and oxygen atoms in total. The first-order chi connectivity index (χ1) is 4.83. The predicted molar refractivity (Wildman–Crippen MR) is 43.9 cm³/mol. The van der Waals surface area contributed by atoms with E-state index in [-0.39, 0.29) is 6.67 Å². The third-order valence-corrected chi connectivity index (χ3v) is 3.43. The Morgan fingerprint density at radius 2 is 2.00 bits per heavy atom. The molecule has 0 spiro atoms.